The lowest BCUT2D eigenvalue weighted by Crippen LogP contribution is -2.26. The molecule has 12 heavy (non-hydrogen) atoms. The monoisotopic (exact) mass is 163 g/mol. The van der Waals surface area contributed by atoms with Gasteiger partial charge in [0.25, 0.3) is 0 Å². The molecule has 1 aromatic heterocycles. The highest BCUT2D eigenvalue weighted by Crippen LogP contribution is 2.15. The Morgan fingerprint density at radius 3 is 3.00 bits per heavy atom. The van der Waals surface area contributed by atoms with Crippen molar-refractivity contribution < 1.29 is 0 Å². The number of nitrogens with two attached hydrogens (primary N) is 1. The lowest BCUT2D eigenvalue weighted by molar-refractivity contribution is 0.751. The lowest BCUT2D eigenvalue weighted by Gasteiger charge is -2.15. The second kappa shape index (κ2) is 3.11. The molecule has 0 spiro atoms. The third-order valence-corrected chi connectivity index (χ3v) is 2.20. The van der Waals surface area contributed by atoms with Gasteiger partial charge in [0, 0.05) is 25.3 Å². The minimum Gasteiger partial charge on any atom is -0.355 e. The average Bonchev–Trinajstić information content (AvgIpc) is 2.54. The fraction of sp³-hybridized carbons (Fsp3) is 0.444. The maximum Gasteiger partial charge on any atom is 0.128 e. The van der Waals surface area contributed by atoms with Gasteiger partial charge in [-0.1, -0.05) is 6.07 Å². The van der Waals surface area contributed by atoms with E-state index in [1.165, 1.54) is 0 Å². The van der Waals surface area contributed by atoms with Crippen molar-refractivity contribution in [3.8, 4) is 0 Å². The molecule has 0 aliphatic carbocycles. The van der Waals surface area contributed by atoms with Crippen molar-refractivity contribution in [1.29, 1.82) is 0 Å². The van der Waals surface area contributed by atoms with Crippen LogP contribution in [0.5, 0.6) is 0 Å². The molecule has 3 heteroatoms. The van der Waals surface area contributed by atoms with Crippen LogP contribution in [0.15, 0.2) is 24.4 Å². The second-order valence-corrected chi connectivity index (χ2v) is 3.18. The summed E-state index contributed by atoms with van der Waals surface area (Å²) in [4.78, 5) is 6.49. The zero-order valence-electron chi connectivity index (χ0n) is 6.98. The molecule has 2 N–H and O–H groups in total. The molecule has 1 aliphatic rings. The first-order valence-electron chi connectivity index (χ1n) is 4.28. The molecule has 1 fully saturated rings. The molecule has 0 unspecified atom stereocenters. The van der Waals surface area contributed by atoms with Crippen LogP contribution in [-0.4, -0.2) is 24.1 Å². The van der Waals surface area contributed by atoms with Crippen molar-refractivity contribution in [2.45, 2.75) is 12.5 Å². The molecular formula is C9H13N3. The number of nitrogens with zero attached hydrogens (tertiary/aromatic N) is 2. The number of hydrogen-bond donors (Lipinski definition) is 1. The van der Waals surface area contributed by atoms with Gasteiger partial charge in [-0.25, -0.2) is 4.98 Å². The predicted octanol–water partition coefficient (Wildman–Crippen LogP) is 0.619. The lowest BCUT2D eigenvalue weighted by atomic mass is 10.3. The third kappa shape index (κ3) is 1.41. The summed E-state index contributed by atoms with van der Waals surface area (Å²) >= 11 is 0. The molecule has 0 bridgehead atoms. The Bertz CT molecular complexity index is 247. The van der Waals surface area contributed by atoms with E-state index in [0.29, 0.717) is 6.04 Å². The van der Waals surface area contributed by atoms with E-state index in [4.69, 9.17) is 5.73 Å². The van der Waals surface area contributed by atoms with Gasteiger partial charge in [0.15, 0.2) is 0 Å². The molecule has 1 saturated heterocycles. The van der Waals surface area contributed by atoms with Gasteiger partial charge < -0.3 is 10.6 Å². The zero-order chi connectivity index (χ0) is 8.39. The zero-order valence-corrected chi connectivity index (χ0v) is 6.98. The third-order valence-electron chi connectivity index (χ3n) is 2.20. The van der Waals surface area contributed by atoms with Crippen molar-refractivity contribution >= 4 is 5.82 Å². The summed E-state index contributed by atoms with van der Waals surface area (Å²) in [7, 11) is 0. The molecule has 0 amide bonds. The van der Waals surface area contributed by atoms with Gasteiger partial charge >= 0.3 is 0 Å². The van der Waals surface area contributed by atoms with Crippen LogP contribution in [0.4, 0.5) is 5.82 Å². The quantitative estimate of drug-likeness (QED) is 0.660. The van der Waals surface area contributed by atoms with E-state index in [-0.39, 0.29) is 0 Å². The fourth-order valence-corrected chi connectivity index (χ4v) is 1.54. The highest BCUT2D eigenvalue weighted by molar-refractivity contribution is 5.39. The van der Waals surface area contributed by atoms with Gasteiger partial charge in [-0.15, -0.1) is 0 Å². The van der Waals surface area contributed by atoms with Gasteiger partial charge in [0.1, 0.15) is 5.82 Å². The van der Waals surface area contributed by atoms with E-state index in [9.17, 15) is 0 Å². The molecule has 1 aromatic rings. The Labute approximate surface area is 72.2 Å². The Balaban J connectivity index is 2.11. The standard InChI is InChI=1S/C9H13N3/c10-8-4-6-12(7-8)9-3-1-2-5-11-9/h1-3,5,8H,4,6-7,10H2/t8-/m1/s1. The number of anilines is 1. The van der Waals surface area contributed by atoms with Gasteiger partial charge in [-0.3, -0.25) is 0 Å². The van der Waals surface area contributed by atoms with E-state index in [2.05, 4.69) is 9.88 Å². The molecular weight excluding hydrogens is 150 g/mol. The van der Waals surface area contributed by atoms with E-state index >= 15 is 0 Å². The van der Waals surface area contributed by atoms with Gasteiger partial charge in [-0.05, 0) is 18.6 Å². The minimum absolute atomic E-state index is 0.326. The maximum atomic E-state index is 5.79. The minimum atomic E-state index is 0.326. The van der Waals surface area contributed by atoms with Gasteiger partial charge in [0.05, 0.1) is 0 Å². The summed E-state index contributed by atoms with van der Waals surface area (Å²) in [5.74, 6) is 1.05. The van der Waals surface area contributed by atoms with Crippen LogP contribution in [0, 0.1) is 0 Å². The molecule has 2 heterocycles. The smallest absolute Gasteiger partial charge is 0.128 e. The fourth-order valence-electron chi connectivity index (χ4n) is 1.54. The van der Waals surface area contributed by atoms with Crippen LogP contribution >= 0.6 is 0 Å². The van der Waals surface area contributed by atoms with E-state index in [0.717, 1.165) is 25.3 Å². The van der Waals surface area contributed by atoms with E-state index in [1.54, 1.807) is 0 Å². The normalized spacial score (nSPS) is 23.1. The molecule has 2 rings (SSSR count). The van der Waals surface area contributed by atoms with Crippen molar-refractivity contribution in [3.63, 3.8) is 0 Å². The summed E-state index contributed by atoms with van der Waals surface area (Å²) < 4.78 is 0. The van der Waals surface area contributed by atoms with Crippen LogP contribution < -0.4 is 10.6 Å². The van der Waals surface area contributed by atoms with Crippen LogP contribution in [0.2, 0.25) is 0 Å². The maximum absolute atomic E-state index is 5.79. The number of aromatic nitrogens is 1. The van der Waals surface area contributed by atoms with Gasteiger partial charge in [-0.2, -0.15) is 0 Å². The molecule has 64 valence electrons. The summed E-state index contributed by atoms with van der Waals surface area (Å²) in [6.45, 7) is 1.98. The Morgan fingerprint density at radius 1 is 1.50 bits per heavy atom. The van der Waals surface area contributed by atoms with Crippen LogP contribution in [-0.2, 0) is 0 Å². The Kier molecular flexibility index (Phi) is 1.96. The Hall–Kier alpha value is -1.09. The molecule has 3 nitrogen and oxygen atoms in total. The Morgan fingerprint density at radius 2 is 2.42 bits per heavy atom. The topological polar surface area (TPSA) is 42.1 Å². The average molecular weight is 163 g/mol. The van der Waals surface area contributed by atoms with Crippen LogP contribution in [0.25, 0.3) is 0 Å². The van der Waals surface area contributed by atoms with E-state index < -0.39 is 0 Å². The number of rotatable bonds is 1. The highest BCUT2D eigenvalue weighted by Gasteiger charge is 2.19. The molecule has 0 aromatic carbocycles. The number of hydrogen-bond acceptors (Lipinski definition) is 3. The van der Waals surface area contributed by atoms with E-state index in [1.807, 2.05) is 24.4 Å². The molecule has 1 aliphatic heterocycles. The SMILES string of the molecule is N[C@@H]1CCN(c2ccccn2)C1. The largest absolute Gasteiger partial charge is 0.355 e. The molecule has 1 atom stereocenters. The highest BCUT2D eigenvalue weighted by atomic mass is 15.2. The number of pyridine rings is 1. The van der Waals surface area contributed by atoms with Gasteiger partial charge in [0.2, 0.25) is 0 Å². The molecule has 0 radical (unpaired) electrons. The predicted molar refractivity (Wildman–Crippen MR) is 49.0 cm³/mol. The second-order valence-electron chi connectivity index (χ2n) is 3.18. The van der Waals surface area contributed by atoms with Crippen molar-refractivity contribution in [2.75, 3.05) is 18.0 Å². The first-order valence-corrected chi connectivity index (χ1v) is 4.28. The summed E-state index contributed by atoms with van der Waals surface area (Å²) in [5, 5.41) is 0. The summed E-state index contributed by atoms with van der Waals surface area (Å²) in [5.41, 5.74) is 5.79. The van der Waals surface area contributed by atoms with Crippen LogP contribution in [0.1, 0.15) is 6.42 Å². The van der Waals surface area contributed by atoms with Crippen molar-refractivity contribution in [2.24, 2.45) is 5.73 Å². The summed E-state index contributed by atoms with van der Waals surface area (Å²) in [6, 6.07) is 6.29. The van der Waals surface area contributed by atoms with Crippen molar-refractivity contribution in [1.82, 2.24) is 4.98 Å². The summed E-state index contributed by atoms with van der Waals surface area (Å²) in [6.07, 6.45) is 2.90. The molecule has 0 saturated carbocycles. The van der Waals surface area contributed by atoms with Crippen molar-refractivity contribution in [3.05, 3.63) is 24.4 Å². The van der Waals surface area contributed by atoms with Crippen LogP contribution in [0.3, 0.4) is 0 Å². The first-order chi connectivity index (χ1) is 5.86. The first kappa shape index (κ1) is 7.55.